The number of hydrogen-bond donors (Lipinski definition) is 2. The topological polar surface area (TPSA) is 73.4 Å². The zero-order valence-corrected chi connectivity index (χ0v) is 19.0. The fraction of sp³-hybridized carbons (Fsp3) is 0.172. The van der Waals surface area contributed by atoms with Crippen LogP contribution in [0.25, 0.3) is 16.7 Å². The second-order valence-electron chi connectivity index (χ2n) is 8.56. The molecule has 1 fully saturated rings. The van der Waals surface area contributed by atoms with E-state index in [-0.39, 0.29) is 11.3 Å². The zero-order valence-electron chi connectivity index (χ0n) is 19.0. The number of H-pyrrole nitrogens is 1. The Hall–Kier alpha value is -4.12. The molecule has 0 radical (unpaired) electrons. The molecule has 1 aliphatic rings. The van der Waals surface area contributed by atoms with E-state index in [1.165, 1.54) is 5.56 Å². The van der Waals surface area contributed by atoms with Crippen molar-refractivity contribution >= 4 is 28.4 Å². The molecule has 170 valence electrons. The Morgan fingerprint density at radius 3 is 2.38 bits per heavy atom. The molecule has 0 aliphatic carbocycles. The maximum absolute atomic E-state index is 13.2. The monoisotopic (exact) mass is 450 g/mol. The van der Waals surface area contributed by atoms with Gasteiger partial charge in [-0.05, 0) is 35.6 Å². The number of benzene rings is 3. The van der Waals surface area contributed by atoms with Gasteiger partial charge in [-0.1, -0.05) is 79.7 Å². The summed E-state index contributed by atoms with van der Waals surface area (Å²) >= 11 is 0. The van der Waals surface area contributed by atoms with E-state index in [1.54, 1.807) is 29.2 Å². The summed E-state index contributed by atoms with van der Waals surface area (Å²) in [5.74, 6) is -1.37. The first kappa shape index (κ1) is 21.7. The largest absolute Gasteiger partial charge is 0.507 e. The Kier molecular flexibility index (Phi) is 5.76. The van der Waals surface area contributed by atoms with Crippen LogP contribution in [0.15, 0.2) is 90.6 Å². The van der Waals surface area contributed by atoms with Crippen LogP contribution in [0.5, 0.6) is 0 Å². The van der Waals surface area contributed by atoms with Crippen LogP contribution in [-0.2, 0) is 22.4 Å². The third-order valence-corrected chi connectivity index (χ3v) is 6.59. The molecule has 1 aromatic heterocycles. The predicted molar refractivity (Wildman–Crippen MR) is 133 cm³/mol. The van der Waals surface area contributed by atoms with E-state index in [2.05, 4.69) is 11.9 Å². The van der Waals surface area contributed by atoms with Crippen LogP contribution in [0.3, 0.4) is 0 Å². The van der Waals surface area contributed by atoms with Crippen LogP contribution in [0.4, 0.5) is 0 Å². The van der Waals surface area contributed by atoms with Gasteiger partial charge < -0.3 is 15.0 Å². The maximum atomic E-state index is 13.2. The van der Waals surface area contributed by atoms with Gasteiger partial charge in [0.05, 0.1) is 11.6 Å². The molecule has 5 rings (SSSR count). The van der Waals surface area contributed by atoms with Crippen LogP contribution >= 0.6 is 0 Å². The number of aliphatic hydroxyl groups is 1. The number of fused-ring (bicyclic) bond motifs is 1. The Labute approximate surface area is 198 Å². The third-order valence-electron chi connectivity index (χ3n) is 6.59. The number of Topliss-reactive ketones (excluding diaryl/α,β-unsaturated/α-hetero) is 1. The number of hydrogen-bond acceptors (Lipinski definition) is 3. The Balaban J connectivity index is 1.56. The molecule has 1 saturated heterocycles. The number of carbonyl (C=O) groups excluding carboxylic acids is 2. The van der Waals surface area contributed by atoms with E-state index < -0.39 is 17.7 Å². The van der Waals surface area contributed by atoms with Gasteiger partial charge >= 0.3 is 0 Å². The highest BCUT2D eigenvalue weighted by Crippen LogP contribution is 2.39. The van der Waals surface area contributed by atoms with Crippen LogP contribution in [0.2, 0.25) is 0 Å². The number of ketones is 1. The molecule has 5 nitrogen and oxygen atoms in total. The summed E-state index contributed by atoms with van der Waals surface area (Å²) in [7, 11) is 0. The fourth-order valence-electron chi connectivity index (χ4n) is 4.72. The lowest BCUT2D eigenvalue weighted by Crippen LogP contribution is -2.31. The summed E-state index contributed by atoms with van der Waals surface area (Å²) in [6.45, 7) is 2.44. The molecule has 1 amide bonds. The molecule has 3 aromatic carbocycles. The van der Waals surface area contributed by atoms with E-state index >= 15 is 0 Å². The van der Waals surface area contributed by atoms with Crippen LogP contribution in [0, 0.1) is 0 Å². The minimum Gasteiger partial charge on any atom is -0.507 e. The van der Waals surface area contributed by atoms with Gasteiger partial charge in [-0.3, -0.25) is 9.59 Å². The van der Waals surface area contributed by atoms with Crippen molar-refractivity contribution in [2.45, 2.75) is 25.8 Å². The first-order chi connectivity index (χ1) is 16.6. The van der Waals surface area contributed by atoms with Gasteiger partial charge in [0.15, 0.2) is 0 Å². The van der Waals surface area contributed by atoms with Crippen molar-refractivity contribution in [3.63, 3.8) is 0 Å². The summed E-state index contributed by atoms with van der Waals surface area (Å²) in [4.78, 5) is 31.3. The van der Waals surface area contributed by atoms with Gasteiger partial charge in [-0.15, -0.1) is 0 Å². The lowest BCUT2D eigenvalue weighted by atomic mass is 9.94. The summed E-state index contributed by atoms with van der Waals surface area (Å²) in [6.07, 6.45) is 3.44. The molecule has 1 atom stereocenters. The number of nitrogens with zero attached hydrogens (tertiary/aromatic N) is 1. The molecule has 0 spiro atoms. The van der Waals surface area contributed by atoms with Crippen molar-refractivity contribution < 1.29 is 14.7 Å². The quantitative estimate of drug-likeness (QED) is 0.235. The lowest BCUT2D eigenvalue weighted by molar-refractivity contribution is -0.139. The molecule has 0 unspecified atom stereocenters. The zero-order chi connectivity index (χ0) is 23.7. The first-order valence-electron chi connectivity index (χ1n) is 11.6. The average molecular weight is 451 g/mol. The molecule has 2 N–H and O–H groups in total. The number of amides is 1. The SMILES string of the molecule is CCc1ccc([C@H]2C(=C(O)c3ccccc3)C(=O)C(=O)N2CCc2c[nH]c3ccccc23)cc1. The first-order valence-corrected chi connectivity index (χ1v) is 11.6. The highest BCUT2D eigenvalue weighted by molar-refractivity contribution is 6.46. The molecule has 0 saturated carbocycles. The number of likely N-dealkylation sites (tertiary alicyclic amines) is 1. The minimum absolute atomic E-state index is 0.138. The number of aromatic nitrogens is 1. The van der Waals surface area contributed by atoms with Gasteiger partial charge in [0.25, 0.3) is 11.7 Å². The summed E-state index contributed by atoms with van der Waals surface area (Å²) in [6, 6.07) is 24.2. The highest BCUT2D eigenvalue weighted by Gasteiger charge is 2.45. The Morgan fingerprint density at radius 1 is 0.941 bits per heavy atom. The van der Waals surface area contributed by atoms with Crippen LogP contribution in [-0.4, -0.2) is 33.2 Å². The smallest absolute Gasteiger partial charge is 0.295 e. The molecule has 2 heterocycles. The van der Waals surface area contributed by atoms with Gasteiger partial charge in [-0.2, -0.15) is 0 Å². The average Bonchev–Trinajstić information content (AvgIpc) is 3.41. The van der Waals surface area contributed by atoms with Gasteiger partial charge in [0.2, 0.25) is 0 Å². The molecule has 4 aromatic rings. The van der Waals surface area contributed by atoms with Crippen molar-refractivity contribution in [1.82, 2.24) is 9.88 Å². The summed E-state index contributed by atoms with van der Waals surface area (Å²) in [5.41, 5.74) is 4.76. The van der Waals surface area contributed by atoms with Crippen molar-refractivity contribution in [3.8, 4) is 0 Å². The van der Waals surface area contributed by atoms with Crippen LogP contribution < -0.4 is 0 Å². The Bertz CT molecular complexity index is 1380. The minimum atomic E-state index is -0.648. The molecule has 0 bridgehead atoms. The number of nitrogens with one attached hydrogen (secondary N) is 1. The van der Waals surface area contributed by atoms with Crippen molar-refractivity contribution in [2.75, 3.05) is 6.54 Å². The normalized spacial score (nSPS) is 17.6. The fourth-order valence-corrected chi connectivity index (χ4v) is 4.72. The van der Waals surface area contributed by atoms with Crippen molar-refractivity contribution in [1.29, 1.82) is 0 Å². The molecular formula is C29H26N2O3. The van der Waals surface area contributed by atoms with E-state index in [9.17, 15) is 14.7 Å². The van der Waals surface area contributed by atoms with Crippen LogP contribution in [0.1, 0.15) is 35.2 Å². The van der Waals surface area contributed by atoms with E-state index in [4.69, 9.17) is 0 Å². The number of aryl methyl sites for hydroxylation is 1. The van der Waals surface area contributed by atoms with Gasteiger partial charge in [0.1, 0.15) is 5.76 Å². The lowest BCUT2D eigenvalue weighted by Gasteiger charge is -2.25. The third kappa shape index (κ3) is 3.79. The molecule has 1 aliphatic heterocycles. The second-order valence-corrected chi connectivity index (χ2v) is 8.56. The van der Waals surface area contributed by atoms with E-state index in [0.717, 1.165) is 28.5 Å². The van der Waals surface area contributed by atoms with Crippen molar-refractivity contribution in [2.24, 2.45) is 0 Å². The predicted octanol–water partition coefficient (Wildman–Crippen LogP) is 5.39. The molecule has 5 heteroatoms. The molecule has 34 heavy (non-hydrogen) atoms. The number of para-hydroxylation sites is 1. The van der Waals surface area contributed by atoms with Gasteiger partial charge in [-0.25, -0.2) is 0 Å². The highest BCUT2D eigenvalue weighted by atomic mass is 16.3. The number of aromatic amines is 1. The van der Waals surface area contributed by atoms with Gasteiger partial charge in [0, 0.05) is 29.2 Å². The van der Waals surface area contributed by atoms with E-state index in [0.29, 0.717) is 18.5 Å². The maximum Gasteiger partial charge on any atom is 0.295 e. The Morgan fingerprint density at radius 2 is 1.65 bits per heavy atom. The second kappa shape index (κ2) is 9.02. The number of carbonyl (C=O) groups is 2. The molecular weight excluding hydrogens is 424 g/mol. The van der Waals surface area contributed by atoms with E-state index in [1.807, 2.05) is 60.8 Å². The summed E-state index contributed by atoms with van der Waals surface area (Å²) in [5, 5.41) is 12.2. The standard InChI is InChI=1S/C29H26N2O3/c1-2-19-12-14-20(15-13-19)26-25(27(32)21-8-4-3-5-9-21)28(33)29(34)31(26)17-16-22-18-30-24-11-7-6-10-23(22)24/h3-15,18,26,30,32H,2,16-17H2,1H3/t26-/m0/s1. The summed E-state index contributed by atoms with van der Waals surface area (Å²) < 4.78 is 0. The number of rotatable bonds is 6. The number of aliphatic hydroxyl groups excluding tert-OH is 1. The van der Waals surface area contributed by atoms with Crippen molar-refractivity contribution in [3.05, 3.63) is 113 Å².